The quantitative estimate of drug-likeness (QED) is 0.126. The van der Waals surface area contributed by atoms with Gasteiger partial charge in [-0.25, -0.2) is 0 Å². The molecule has 0 aliphatic rings. The minimum Gasteiger partial charge on any atom is -0.192 e. The first-order chi connectivity index (χ1) is 23.4. The lowest BCUT2D eigenvalue weighted by atomic mass is 9.96. The predicted octanol–water partition coefficient (Wildman–Crippen LogP) is 12.9. The van der Waals surface area contributed by atoms with Crippen LogP contribution in [0.4, 0.5) is 0 Å². The van der Waals surface area contributed by atoms with Crippen LogP contribution in [0.1, 0.15) is 85.4 Å². The molecule has 0 aliphatic heterocycles. The molecule has 238 valence electrons. The zero-order valence-electron chi connectivity index (χ0n) is 27.5. The van der Waals surface area contributed by atoms with Gasteiger partial charge in [0.2, 0.25) is 0 Å². The molecule has 0 aliphatic carbocycles. The molecule has 8 heteroatoms. The van der Waals surface area contributed by atoms with Crippen molar-refractivity contribution in [2.75, 3.05) is 0 Å². The molecule has 4 heterocycles. The van der Waals surface area contributed by atoms with Crippen LogP contribution in [0.15, 0.2) is 35.4 Å². The summed E-state index contributed by atoms with van der Waals surface area (Å²) in [5, 5.41) is 42.8. The fraction of sp³-hybridized carbons (Fsp3) is 0.300. The van der Waals surface area contributed by atoms with Crippen molar-refractivity contribution >= 4 is 97.8 Å². The molecule has 48 heavy (non-hydrogen) atoms. The van der Waals surface area contributed by atoms with E-state index in [0.29, 0.717) is 0 Å². The van der Waals surface area contributed by atoms with Gasteiger partial charge in [0, 0.05) is 38.3 Å². The fourth-order valence-electron chi connectivity index (χ4n) is 6.73. The third kappa shape index (κ3) is 5.96. The second kappa shape index (κ2) is 14.5. The predicted molar refractivity (Wildman–Crippen MR) is 208 cm³/mol. The fourth-order valence-corrected chi connectivity index (χ4v) is 11.8. The Bertz CT molecular complexity index is 2120. The molecular weight excluding hydrogens is 665 g/mol. The van der Waals surface area contributed by atoms with Crippen molar-refractivity contribution in [2.24, 2.45) is 0 Å². The largest absolute Gasteiger partial charge is 0.192 e. The number of thiophene rings is 4. The van der Waals surface area contributed by atoms with E-state index >= 15 is 0 Å². The molecule has 2 aromatic carbocycles. The maximum atomic E-state index is 9.39. The monoisotopic (exact) mass is 698 g/mol. The number of nitriles is 4. The summed E-state index contributed by atoms with van der Waals surface area (Å²) in [7, 11) is 0. The van der Waals surface area contributed by atoms with Gasteiger partial charge >= 0.3 is 0 Å². The van der Waals surface area contributed by atoms with Gasteiger partial charge in [0.25, 0.3) is 0 Å². The maximum absolute atomic E-state index is 9.39. The number of rotatable bonds is 11. The van der Waals surface area contributed by atoms with Crippen molar-refractivity contribution in [2.45, 2.75) is 79.1 Å². The van der Waals surface area contributed by atoms with Gasteiger partial charge in [-0.2, -0.15) is 21.0 Å². The minimum absolute atomic E-state index is 0.135. The number of hydrogen-bond donors (Lipinski definition) is 0. The summed E-state index contributed by atoms with van der Waals surface area (Å²) in [5.41, 5.74) is 5.77. The van der Waals surface area contributed by atoms with Gasteiger partial charge < -0.3 is 0 Å². The Labute approximate surface area is 297 Å². The van der Waals surface area contributed by atoms with Gasteiger partial charge in [0.05, 0.1) is 0 Å². The van der Waals surface area contributed by atoms with E-state index in [9.17, 15) is 21.0 Å². The van der Waals surface area contributed by atoms with Crippen LogP contribution >= 0.6 is 45.3 Å². The zero-order valence-corrected chi connectivity index (χ0v) is 30.8. The highest BCUT2D eigenvalue weighted by Crippen LogP contribution is 2.49. The van der Waals surface area contributed by atoms with Crippen molar-refractivity contribution < 1.29 is 0 Å². The van der Waals surface area contributed by atoms with Crippen molar-refractivity contribution in [3.63, 3.8) is 0 Å². The van der Waals surface area contributed by atoms with E-state index in [-0.39, 0.29) is 11.1 Å². The molecule has 0 fully saturated rings. The number of benzene rings is 2. The molecule has 0 unspecified atom stereocenters. The molecule has 0 N–H and O–H groups in total. The normalized spacial score (nSPS) is 11.1. The first-order valence-corrected chi connectivity index (χ1v) is 19.8. The summed E-state index contributed by atoms with van der Waals surface area (Å²) in [6.07, 6.45) is 11.5. The van der Waals surface area contributed by atoms with E-state index in [0.717, 1.165) is 61.1 Å². The van der Waals surface area contributed by atoms with Crippen LogP contribution in [-0.4, -0.2) is 0 Å². The van der Waals surface area contributed by atoms with Crippen LogP contribution < -0.4 is 0 Å². The van der Waals surface area contributed by atoms with Crippen LogP contribution in [0, 0.1) is 45.3 Å². The zero-order chi connectivity index (χ0) is 33.9. The molecule has 0 radical (unpaired) electrons. The molecule has 0 atom stereocenters. The van der Waals surface area contributed by atoms with E-state index in [1.54, 1.807) is 34.8 Å². The molecule has 6 aromatic rings. The summed E-state index contributed by atoms with van der Waals surface area (Å²) < 4.78 is 5.29. The molecule has 0 spiro atoms. The van der Waals surface area contributed by atoms with Crippen molar-refractivity contribution in [1.29, 1.82) is 21.0 Å². The Morgan fingerprint density at radius 3 is 1.06 bits per heavy atom. The molecule has 6 rings (SSSR count). The topological polar surface area (TPSA) is 95.2 Å². The highest BCUT2D eigenvalue weighted by Gasteiger charge is 2.23. The summed E-state index contributed by atoms with van der Waals surface area (Å²) in [6, 6.07) is 17.3. The minimum atomic E-state index is 0.135. The van der Waals surface area contributed by atoms with E-state index < -0.39 is 0 Å². The van der Waals surface area contributed by atoms with Crippen LogP contribution in [0.25, 0.3) is 62.3 Å². The van der Waals surface area contributed by atoms with Gasteiger partial charge in [-0.15, -0.1) is 45.3 Å². The molecule has 4 aromatic heterocycles. The summed E-state index contributed by atoms with van der Waals surface area (Å²) in [5.74, 6) is 0. The summed E-state index contributed by atoms with van der Waals surface area (Å²) in [4.78, 5) is 4.53. The lowest BCUT2D eigenvalue weighted by Crippen LogP contribution is -1.91. The van der Waals surface area contributed by atoms with Crippen LogP contribution in [0.2, 0.25) is 0 Å². The lowest BCUT2D eigenvalue weighted by molar-refractivity contribution is 0.930. The number of nitrogens with zero attached hydrogens (tertiary/aromatic N) is 4. The van der Waals surface area contributed by atoms with Gasteiger partial charge in [0.15, 0.2) is 0 Å². The van der Waals surface area contributed by atoms with Crippen LogP contribution in [0.5, 0.6) is 0 Å². The Morgan fingerprint density at radius 1 is 0.479 bits per heavy atom. The standard InChI is InChI=1S/C40H34N4S4/c1-5-9-27-31-15-25(13-23(19-41)20-42)45-37(31)29(11-7-3)33-17-35(47-39(27)33)36-18-34-30(12-8-4)38-32(28(10-6-2)40(34)48-36)16-26(46-38)14-24(21-43)22-44/h13-18H,5-12H2,1-4H3. The second-order valence-electron chi connectivity index (χ2n) is 12.0. The molecule has 0 bridgehead atoms. The molecule has 0 amide bonds. The van der Waals surface area contributed by atoms with Gasteiger partial charge in [-0.05, 0) is 106 Å². The highest BCUT2D eigenvalue weighted by atomic mass is 32.1. The maximum Gasteiger partial charge on any atom is 0.131 e. The lowest BCUT2D eigenvalue weighted by Gasteiger charge is -2.10. The van der Waals surface area contributed by atoms with Gasteiger partial charge in [-0.3, -0.25) is 0 Å². The average molecular weight is 699 g/mol. The smallest absolute Gasteiger partial charge is 0.131 e. The van der Waals surface area contributed by atoms with Gasteiger partial charge in [-0.1, -0.05) is 53.4 Å². The SMILES string of the molecule is CCCc1c2cc(-c3cc4c(CCC)c5sc(C=C(C#N)C#N)cc5c(CCC)c4s3)sc2c(CCC)c2cc(C=C(C#N)C#N)sc12. The first-order valence-electron chi connectivity index (χ1n) is 16.5. The number of hydrogen-bond acceptors (Lipinski definition) is 8. The number of fused-ring (bicyclic) bond motifs is 4. The van der Waals surface area contributed by atoms with Crippen molar-refractivity contribution in [3.05, 3.63) is 67.4 Å². The summed E-state index contributed by atoms with van der Waals surface area (Å²) in [6.45, 7) is 8.92. The van der Waals surface area contributed by atoms with E-state index in [1.165, 1.54) is 72.4 Å². The Morgan fingerprint density at radius 2 is 0.771 bits per heavy atom. The Hall–Kier alpha value is -4.28. The van der Waals surface area contributed by atoms with Crippen LogP contribution in [0.3, 0.4) is 0 Å². The van der Waals surface area contributed by atoms with E-state index in [2.05, 4.69) is 52.0 Å². The van der Waals surface area contributed by atoms with Crippen LogP contribution in [-0.2, 0) is 25.7 Å². The third-order valence-electron chi connectivity index (χ3n) is 8.66. The first kappa shape index (κ1) is 33.6. The van der Waals surface area contributed by atoms with E-state index in [4.69, 9.17) is 0 Å². The highest BCUT2D eigenvalue weighted by molar-refractivity contribution is 7.29. The number of allylic oxidation sites excluding steroid dienone is 2. The third-order valence-corrected chi connectivity index (χ3v) is 13.5. The van der Waals surface area contributed by atoms with E-state index in [1.807, 2.05) is 47.0 Å². The molecule has 0 saturated heterocycles. The Kier molecular flexibility index (Phi) is 10.1. The molecule has 0 saturated carbocycles. The molecule has 4 nitrogen and oxygen atoms in total. The van der Waals surface area contributed by atoms with Gasteiger partial charge in [0.1, 0.15) is 35.4 Å². The Balaban J connectivity index is 1.60. The second-order valence-corrected chi connectivity index (χ2v) is 16.2. The van der Waals surface area contributed by atoms with Crippen molar-refractivity contribution in [3.8, 4) is 34.0 Å². The average Bonchev–Trinajstić information content (AvgIpc) is 3.90. The van der Waals surface area contributed by atoms with Crippen molar-refractivity contribution in [1.82, 2.24) is 0 Å². The number of aryl methyl sites for hydroxylation is 4. The molecular formula is C40H34N4S4. The summed E-state index contributed by atoms with van der Waals surface area (Å²) >= 11 is 7.22.